The maximum atomic E-state index is 10.3. The number of β-amino-alcohol motifs (C(OH)–C–C–N with tert-alkyl or cyclic N) is 1. The summed E-state index contributed by atoms with van der Waals surface area (Å²) < 4.78 is 0. The molecule has 1 N–H and O–H groups in total. The second-order valence-corrected chi connectivity index (χ2v) is 7.53. The molecular weight excluding hydrogens is 357 g/mol. The molecule has 2 aromatic carbocycles. The van der Waals surface area contributed by atoms with Crippen LogP contribution in [0.4, 0.5) is 5.82 Å². The Morgan fingerprint density at radius 3 is 2.48 bits per heavy atom. The van der Waals surface area contributed by atoms with Crippen molar-refractivity contribution >= 4 is 39.8 Å². The minimum absolute atomic E-state index is 0.490. The van der Waals surface area contributed by atoms with Crippen molar-refractivity contribution in [3.8, 4) is 11.3 Å². The molecule has 1 aliphatic heterocycles. The Morgan fingerprint density at radius 1 is 1.04 bits per heavy atom. The molecule has 25 heavy (non-hydrogen) atoms. The zero-order valence-electron chi connectivity index (χ0n) is 13.7. The quantitative estimate of drug-likeness (QED) is 0.714. The predicted octanol–water partition coefficient (Wildman–Crippen LogP) is 4.56. The summed E-state index contributed by atoms with van der Waals surface area (Å²) in [5.41, 5.74) is 0.951. The van der Waals surface area contributed by atoms with Gasteiger partial charge in [-0.1, -0.05) is 53.5 Å². The molecule has 0 bridgehead atoms. The Labute approximate surface area is 156 Å². The number of benzene rings is 2. The number of fused-ring (bicyclic) bond motifs is 1. The van der Waals surface area contributed by atoms with Crippen molar-refractivity contribution in [2.45, 2.75) is 18.9 Å². The lowest BCUT2D eigenvalue weighted by molar-refractivity contribution is 0.0839. The van der Waals surface area contributed by atoms with Crippen molar-refractivity contribution in [2.24, 2.45) is 0 Å². The summed E-state index contributed by atoms with van der Waals surface area (Å²) in [6, 6.07) is 13.5. The molecule has 1 atom stereocenters. The van der Waals surface area contributed by atoms with Gasteiger partial charge in [-0.3, -0.25) is 0 Å². The van der Waals surface area contributed by atoms with Gasteiger partial charge < -0.3 is 10.0 Å². The van der Waals surface area contributed by atoms with Crippen molar-refractivity contribution in [3.63, 3.8) is 0 Å². The van der Waals surface area contributed by atoms with Gasteiger partial charge in [0.1, 0.15) is 5.69 Å². The Balaban J connectivity index is 1.86. The highest BCUT2D eigenvalue weighted by Gasteiger charge is 2.33. The van der Waals surface area contributed by atoms with Gasteiger partial charge in [0.05, 0.1) is 15.6 Å². The van der Waals surface area contributed by atoms with Crippen LogP contribution in [0.15, 0.2) is 42.5 Å². The Bertz CT molecular complexity index is 959. The molecule has 6 heteroatoms. The van der Waals surface area contributed by atoms with Crippen LogP contribution in [-0.4, -0.2) is 34.0 Å². The van der Waals surface area contributed by atoms with E-state index in [0.717, 1.165) is 40.8 Å². The summed E-state index contributed by atoms with van der Waals surface area (Å²) in [4.78, 5) is 2.09. The lowest BCUT2D eigenvalue weighted by Gasteiger charge is -2.21. The minimum atomic E-state index is -0.689. The van der Waals surface area contributed by atoms with Gasteiger partial charge in [0.15, 0.2) is 5.82 Å². The van der Waals surface area contributed by atoms with Crippen LogP contribution in [0, 0.1) is 0 Å². The predicted molar refractivity (Wildman–Crippen MR) is 102 cm³/mol. The van der Waals surface area contributed by atoms with Crippen LogP contribution < -0.4 is 4.90 Å². The normalized spacial score (nSPS) is 20.4. The summed E-state index contributed by atoms with van der Waals surface area (Å²) in [5.74, 6) is 0.803. The van der Waals surface area contributed by atoms with Crippen molar-refractivity contribution in [1.82, 2.24) is 10.2 Å². The smallest absolute Gasteiger partial charge is 0.159 e. The molecular formula is C19H17Cl2N3O. The summed E-state index contributed by atoms with van der Waals surface area (Å²) in [5, 5.41) is 22.2. The number of aromatic nitrogens is 2. The Morgan fingerprint density at radius 2 is 1.80 bits per heavy atom. The largest absolute Gasteiger partial charge is 0.388 e. The van der Waals surface area contributed by atoms with Gasteiger partial charge in [0, 0.05) is 29.4 Å². The number of rotatable bonds is 2. The first kappa shape index (κ1) is 16.6. The average Bonchev–Trinajstić information content (AvgIpc) is 2.96. The zero-order valence-corrected chi connectivity index (χ0v) is 15.2. The first-order chi connectivity index (χ1) is 11.9. The highest BCUT2D eigenvalue weighted by molar-refractivity contribution is 6.42. The molecule has 0 saturated carbocycles. The summed E-state index contributed by atoms with van der Waals surface area (Å²) in [6.07, 6.45) is 0.720. The maximum Gasteiger partial charge on any atom is 0.159 e. The topological polar surface area (TPSA) is 49.2 Å². The molecule has 3 aromatic rings. The fourth-order valence-electron chi connectivity index (χ4n) is 3.31. The number of anilines is 1. The second kappa shape index (κ2) is 6.13. The third-order valence-electron chi connectivity index (χ3n) is 4.61. The molecule has 0 amide bonds. The van der Waals surface area contributed by atoms with Crippen molar-refractivity contribution in [3.05, 3.63) is 52.5 Å². The average molecular weight is 374 g/mol. The molecule has 128 valence electrons. The summed E-state index contributed by atoms with van der Waals surface area (Å²) in [6.45, 7) is 3.17. The molecule has 1 saturated heterocycles. The van der Waals surface area contributed by atoms with Crippen LogP contribution in [0.25, 0.3) is 22.0 Å². The number of hydrogen-bond acceptors (Lipinski definition) is 4. The molecule has 1 aliphatic rings. The number of aliphatic hydroxyl groups is 1. The van der Waals surface area contributed by atoms with Crippen LogP contribution >= 0.6 is 23.2 Å². The van der Waals surface area contributed by atoms with Gasteiger partial charge in [-0.05, 0) is 25.5 Å². The van der Waals surface area contributed by atoms with Crippen LogP contribution in [0.2, 0.25) is 10.0 Å². The van der Waals surface area contributed by atoms with E-state index < -0.39 is 5.60 Å². The molecule has 1 fully saturated rings. The van der Waals surface area contributed by atoms with E-state index in [1.165, 1.54) is 0 Å². The van der Waals surface area contributed by atoms with E-state index >= 15 is 0 Å². The van der Waals surface area contributed by atoms with Crippen LogP contribution in [-0.2, 0) is 0 Å². The third kappa shape index (κ3) is 3.06. The molecule has 4 rings (SSSR count). The van der Waals surface area contributed by atoms with E-state index in [-0.39, 0.29) is 0 Å². The van der Waals surface area contributed by atoms with E-state index in [1.807, 2.05) is 37.3 Å². The fraction of sp³-hybridized carbons (Fsp3) is 0.263. The molecule has 4 nitrogen and oxygen atoms in total. The first-order valence-corrected chi connectivity index (χ1v) is 8.88. The van der Waals surface area contributed by atoms with Gasteiger partial charge >= 0.3 is 0 Å². The Kier molecular flexibility index (Phi) is 4.07. The van der Waals surface area contributed by atoms with Crippen LogP contribution in [0.5, 0.6) is 0 Å². The molecule has 0 spiro atoms. The fourth-order valence-corrected chi connectivity index (χ4v) is 3.60. The van der Waals surface area contributed by atoms with Crippen LogP contribution in [0.3, 0.4) is 0 Å². The molecule has 1 aromatic heterocycles. The third-order valence-corrected chi connectivity index (χ3v) is 5.35. The number of nitrogens with zero attached hydrogens (tertiary/aromatic N) is 3. The van der Waals surface area contributed by atoms with E-state index in [9.17, 15) is 5.11 Å². The standard InChI is InChI=1S/C19H17Cl2N3O/c1-19(25)8-9-24(11-19)18-14-5-3-2-4-13(14)17(22-23-18)12-6-7-15(20)16(21)10-12/h2-7,10,25H,8-9,11H2,1H3. The zero-order chi connectivity index (χ0) is 17.6. The molecule has 1 unspecified atom stereocenters. The number of hydrogen-bond donors (Lipinski definition) is 1. The highest BCUT2D eigenvalue weighted by atomic mass is 35.5. The molecule has 0 radical (unpaired) electrons. The summed E-state index contributed by atoms with van der Waals surface area (Å²) >= 11 is 12.2. The highest BCUT2D eigenvalue weighted by Crippen LogP contribution is 2.35. The summed E-state index contributed by atoms with van der Waals surface area (Å²) in [7, 11) is 0. The monoisotopic (exact) mass is 373 g/mol. The van der Waals surface area contributed by atoms with E-state index in [1.54, 1.807) is 12.1 Å². The van der Waals surface area contributed by atoms with E-state index in [4.69, 9.17) is 23.2 Å². The van der Waals surface area contributed by atoms with Crippen molar-refractivity contribution in [2.75, 3.05) is 18.0 Å². The van der Waals surface area contributed by atoms with Crippen molar-refractivity contribution in [1.29, 1.82) is 0 Å². The van der Waals surface area contributed by atoms with Gasteiger partial charge in [0.25, 0.3) is 0 Å². The van der Waals surface area contributed by atoms with Gasteiger partial charge in [0.2, 0.25) is 0 Å². The second-order valence-electron chi connectivity index (χ2n) is 6.72. The van der Waals surface area contributed by atoms with Crippen LogP contribution in [0.1, 0.15) is 13.3 Å². The maximum absolute atomic E-state index is 10.3. The molecule has 0 aliphatic carbocycles. The van der Waals surface area contributed by atoms with Gasteiger partial charge in [-0.15, -0.1) is 10.2 Å². The minimum Gasteiger partial charge on any atom is -0.388 e. The van der Waals surface area contributed by atoms with Gasteiger partial charge in [-0.25, -0.2) is 0 Å². The first-order valence-electron chi connectivity index (χ1n) is 8.13. The number of halogens is 2. The van der Waals surface area contributed by atoms with Gasteiger partial charge in [-0.2, -0.15) is 0 Å². The lowest BCUT2D eigenvalue weighted by Crippen LogP contribution is -2.30. The van der Waals surface area contributed by atoms with E-state index in [2.05, 4.69) is 15.1 Å². The van der Waals surface area contributed by atoms with Crippen molar-refractivity contribution < 1.29 is 5.11 Å². The molecule has 2 heterocycles. The Hall–Kier alpha value is -1.88. The lowest BCUT2D eigenvalue weighted by atomic mass is 10.0. The van der Waals surface area contributed by atoms with E-state index in [0.29, 0.717) is 16.6 Å². The SMILES string of the molecule is CC1(O)CCN(c2nnc(-c3ccc(Cl)c(Cl)c3)c3ccccc23)C1.